The Bertz CT molecular complexity index is 332. The minimum Gasteiger partial charge on any atom is -0.481 e. The van der Waals surface area contributed by atoms with Gasteiger partial charge in [-0.3, -0.25) is 9.59 Å². The van der Waals surface area contributed by atoms with Crippen molar-refractivity contribution in [3.8, 4) is 0 Å². The highest BCUT2D eigenvalue weighted by molar-refractivity contribution is 5.80. The number of carboxylic acid groups (broad SMARTS) is 1. The van der Waals surface area contributed by atoms with Gasteiger partial charge in [-0.05, 0) is 13.5 Å². The molecule has 0 radical (unpaired) electrons. The molecule has 1 rings (SSSR count). The Morgan fingerprint density at radius 2 is 2.11 bits per heavy atom. The van der Waals surface area contributed by atoms with Crippen LogP contribution in [0.2, 0.25) is 0 Å². The fourth-order valence-corrected chi connectivity index (χ4v) is 2.07. The molecule has 19 heavy (non-hydrogen) atoms. The topological polar surface area (TPSA) is 108 Å². The van der Waals surface area contributed by atoms with Crippen LogP contribution in [-0.2, 0) is 14.3 Å². The molecule has 0 spiro atoms. The number of ether oxygens (including phenoxy) is 1. The van der Waals surface area contributed by atoms with Crippen molar-refractivity contribution in [3.05, 3.63) is 0 Å². The summed E-state index contributed by atoms with van der Waals surface area (Å²) in [5, 5.41) is 24.2. The monoisotopic (exact) mass is 274 g/mol. The second-order valence-electron chi connectivity index (χ2n) is 5.09. The minimum atomic E-state index is -1.45. The van der Waals surface area contributed by atoms with Crippen LogP contribution in [0.25, 0.3) is 0 Å². The third-order valence-electron chi connectivity index (χ3n) is 3.06. The normalized spacial score (nSPS) is 25.8. The van der Waals surface area contributed by atoms with E-state index in [2.05, 4.69) is 10.6 Å². The van der Waals surface area contributed by atoms with Crippen LogP contribution in [-0.4, -0.2) is 60.0 Å². The number of aliphatic carboxylic acids is 1. The number of carbonyl (C=O) groups is 2. The number of aliphatic hydroxyl groups is 1. The SMILES string of the molecule is CCNC1COCC1C(=O)NCC(C)(O)CC(=O)O. The molecule has 0 saturated carbocycles. The summed E-state index contributed by atoms with van der Waals surface area (Å²) in [5.41, 5.74) is -1.45. The minimum absolute atomic E-state index is 0.0329. The number of hydrogen-bond donors (Lipinski definition) is 4. The Morgan fingerprint density at radius 1 is 1.42 bits per heavy atom. The van der Waals surface area contributed by atoms with Gasteiger partial charge in [-0.1, -0.05) is 6.92 Å². The van der Waals surface area contributed by atoms with E-state index in [1.54, 1.807) is 0 Å². The summed E-state index contributed by atoms with van der Waals surface area (Å²) < 4.78 is 5.26. The number of amides is 1. The molecule has 1 amide bonds. The van der Waals surface area contributed by atoms with Crippen LogP contribution >= 0.6 is 0 Å². The number of likely N-dealkylation sites (N-methyl/N-ethyl adjacent to an activating group) is 1. The third-order valence-corrected chi connectivity index (χ3v) is 3.06. The van der Waals surface area contributed by atoms with Crippen molar-refractivity contribution in [2.45, 2.75) is 31.9 Å². The molecule has 1 aliphatic heterocycles. The van der Waals surface area contributed by atoms with Gasteiger partial charge in [0.05, 0.1) is 31.2 Å². The number of nitrogens with one attached hydrogen (secondary N) is 2. The van der Waals surface area contributed by atoms with E-state index >= 15 is 0 Å². The van der Waals surface area contributed by atoms with E-state index in [4.69, 9.17) is 9.84 Å². The van der Waals surface area contributed by atoms with E-state index < -0.39 is 18.0 Å². The van der Waals surface area contributed by atoms with Crippen LogP contribution in [0, 0.1) is 5.92 Å². The van der Waals surface area contributed by atoms with E-state index in [-0.39, 0.29) is 24.4 Å². The van der Waals surface area contributed by atoms with Gasteiger partial charge in [-0.25, -0.2) is 0 Å². The van der Waals surface area contributed by atoms with Gasteiger partial charge in [-0.15, -0.1) is 0 Å². The van der Waals surface area contributed by atoms with Crippen LogP contribution < -0.4 is 10.6 Å². The zero-order chi connectivity index (χ0) is 14.5. The number of hydrogen-bond acceptors (Lipinski definition) is 5. The first kappa shape index (κ1) is 15.9. The molecule has 1 aliphatic rings. The molecule has 3 unspecified atom stereocenters. The Hall–Kier alpha value is -1.18. The third kappa shape index (κ3) is 5.14. The Kier molecular flexibility index (Phi) is 5.71. The largest absolute Gasteiger partial charge is 0.481 e. The van der Waals surface area contributed by atoms with Crippen molar-refractivity contribution in [2.24, 2.45) is 5.92 Å². The van der Waals surface area contributed by atoms with Gasteiger partial charge in [0.1, 0.15) is 0 Å². The lowest BCUT2D eigenvalue weighted by Gasteiger charge is -2.24. The van der Waals surface area contributed by atoms with Crippen molar-refractivity contribution < 1.29 is 24.5 Å². The van der Waals surface area contributed by atoms with E-state index in [0.29, 0.717) is 13.2 Å². The first-order chi connectivity index (χ1) is 8.85. The molecule has 3 atom stereocenters. The highest BCUT2D eigenvalue weighted by Crippen LogP contribution is 2.14. The van der Waals surface area contributed by atoms with Gasteiger partial charge < -0.3 is 25.6 Å². The lowest BCUT2D eigenvalue weighted by molar-refractivity contribution is -0.142. The summed E-state index contributed by atoms with van der Waals surface area (Å²) in [7, 11) is 0. The maximum atomic E-state index is 12.0. The van der Waals surface area contributed by atoms with Crippen LogP contribution in [0.15, 0.2) is 0 Å². The average molecular weight is 274 g/mol. The summed E-state index contributed by atoms with van der Waals surface area (Å²) in [4.78, 5) is 22.5. The highest BCUT2D eigenvalue weighted by Gasteiger charge is 2.34. The molecule has 0 aromatic rings. The fourth-order valence-electron chi connectivity index (χ4n) is 2.07. The first-order valence-electron chi connectivity index (χ1n) is 6.38. The van der Waals surface area contributed by atoms with E-state index in [1.165, 1.54) is 6.92 Å². The van der Waals surface area contributed by atoms with E-state index in [9.17, 15) is 14.7 Å². The molecule has 1 saturated heterocycles. The zero-order valence-corrected chi connectivity index (χ0v) is 11.3. The highest BCUT2D eigenvalue weighted by atomic mass is 16.5. The van der Waals surface area contributed by atoms with Crippen molar-refractivity contribution in [1.82, 2.24) is 10.6 Å². The number of carbonyl (C=O) groups excluding carboxylic acids is 1. The van der Waals surface area contributed by atoms with Crippen molar-refractivity contribution in [1.29, 1.82) is 0 Å². The second kappa shape index (κ2) is 6.83. The van der Waals surface area contributed by atoms with Crippen molar-refractivity contribution in [3.63, 3.8) is 0 Å². The molecular formula is C12H22N2O5. The molecule has 0 aromatic carbocycles. The molecule has 110 valence electrons. The number of rotatable bonds is 7. The lowest BCUT2D eigenvalue weighted by Crippen LogP contribution is -2.48. The molecule has 7 heteroatoms. The van der Waals surface area contributed by atoms with Crippen LogP contribution in [0.4, 0.5) is 0 Å². The predicted molar refractivity (Wildman–Crippen MR) is 67.7 cm³/mol. The smallest absolute Gasteiger partial charge is 0.306 e. The summed E-state index contributed by atoms with van der Waals surface area (Å²) in [5.74, 6) is -1.64. The lowest BCUT2D eigenvalue weighted by atomic mass is 10.00. The van der Waals surface area contributed by atoms with Gasteiger partial charge in [0.15, 0.2) is 0 Å². The van der Waals surface area contributed by atoms with Gasteiger partial charge in [0, 0.05) is 12.6 Å². The molecule has 7 nitrogen and oxygen atoms in total. The molecule has 4 N–H and O–H groups in total. The Labute approximate surface area is 112 Å². The van der Waals surface area contributed by atoms with Crippen LogP contribution in [0.5, 0.6) is 0 Å². The Balaban J connectivity index is 2.44. The molecule has 0 bridgehead atoms. The molecule has 1 fully saturated rings. The summed E-state index contributed by atoms with van der Waals surface area (Å²) in [6.07, 6.45) is -0.412. The summed E-state index contributed by atoms with van der Waals surface area (Å²) in [6.45, 7) is 4.81. The first-order valence-corrected chi connectivity index (χ1v) is 6.38. The predicted octanol–water partition coefficient (Wildman–Crippen LogP) is -1.05. The van der Waals surface area contributed by atoms with Crippen LogP contribution in [0.1, 0.15) is 20.3 Å². The number of carboxylic acids is 1. The van der Waals surface area contributed by atoms with Gasteiger partial charge in [0.25, 0.3) is 0 Å². The van der Waals surface area contributed by atoms with Crippen molar-refractivity contribution >= 4 is 11.9 Å². The molecule has 0 aliphatic carbocycles. The quantitative estimate of drug-likeness (QED) is 0.472. The molecule has 0 aromatic heterocycles. The Morgan fingerprint density at radius 3 is 2.68 bits per heavy atom. The molecular weight excluding hydrogens is 252 g/mol. The molecule has 1 heterocycles. The maximum absolute atomic E-state index is 12.0. The zero-order valence-electron chi connectivity index (χ0n) is 11.3. The summed E-state index contributed by atoms with van der Waals surface area (Å²) in [6, 6.07) is -0.0329. The maximum Gasteiger partial charge on any atom is 0.306 e. The van der Waals surface area contributed by atoms with Crippen molar-refractivity contribution in [2.75, 3.05) is 26.3 Å². The summed E-state index contributed by atoms with van der Waals surface area (Å²) >= 11 is 0. The van der Waals surface area contributed by atoms with Gasteiger partial charge >= 0.3 is 5.97 Å². The average Bonchev–Trinajstić information content (AvgIpc) is 2.73. The van der Waals surface area contributed by atoms with E-state index in [1.807, 2.05) is 6.92 Å². The van der Waals surface area contributed by atoms with E-state index in [0.717, 1.165) is 6.54 Å². The van der Waals surface area contributed by atoms with Crippen LogP contribution in [0.3, 0.4) is 0 Å². The fraction of sp³-hybridized carbons (Fsp3) is 0.833. The van der Waals surface area contributed by atoms with Gasteiger partial charge in [-0.2, -0.15) is 0 Å². The standard InChI is InChI=1S/C12H22N2O5/c1-3-13-9-6-19-5-8(9)11(17)14-7-12(2,18)4-10(15)16/h8-9,13,18H,3-7H2,1-2H3,(H,14,17)(H,15,16). The second-order valence-corrected chi connectivity index (χ2v) is 5.09. The van der Waals surface area contributed by atoms with Gasteiger partial charge in [0.2, 0.25) is 5.91 Å².